The van der Waals surface area contributed by atoms with Gasteiger partial charge < -0.3 is 4.90 Å². The first kappa shape index (κ1) is 16.3. The predicted octanol–water partition coefficient (Wildman–Crippen LogP) is 1.77. The Morgan fingerprint density at radius 2 is 2.00 bits per heavy atom. The summed E-state index contributed by atoms with van der Waals surface area (Å²) < 4.78 is 1.00. The van der Waals surface area contributed by atoms with E-state index in [0.29, 0.717) is 31.7 Å². The van der Waals surface area contributed by atoms with Crippen molar-refractivity contribution >= 4 is 39.5 Å². The molecule has 1 aliphatic heterocycles. The minimum Gasteiger partial charge on any atom is -0.342 e. The van der Waals surface area contributed by atoms with E-state index in [1.807, 2.05) is 29.2 Å². The van der Waals surface area contributed by atoms with Gasteiger partial charge in [0.25, 0.3) is 0 Å². The summed E-state index contributed by atoms with van der Waals surface area (Å²) in [6.07, 6.45) is 1.35. The Morgan fingerprint density at radius 3 is 2.62 bits per heavy atom. The highest BCUT2D eigenvalue weighted by atomic mass is 79.9. The fourth-order valence-electron chi connectivity index (χ4n) is 2.30. The number of nitrogens with one attached hydrogen (secondary N) is 1. The van der Waals surface area contributed by atoms with Crippen LogP contribution < -0.4 is 11.3 Å². The topological polar surface area (TPSA) is 75.4 Å². The average molecular weight is 372 g/mol. The highest BCUT2D eigenvalue weighted by Gasteiger charge is 2.26. The molecule has 7 heteroatoms. The fraction of sp³-hybridized carbons (Fsp3) is 0.429. The van der Waals surface area contributed by atoms with E-state index >= 15 is 0 Å². The van der Waals surface area contributed by atoms with Gasteiger partial charge in [-0.1, -0.05) is 12.1 Å². The minimum atomic E-state index is -0.135. The number of likely N-dealkylation sites (tertiary alicyclic amines) is 1. The van der Waals surface area contributed by atoms with Crippen molar-refractivity contribution in [2.45, 2.75) is 17.7 Å². The maximum Gasteiger partial charge on any atom is 0.237 e. The zero-order chi connectivity index (χ0) is 15.2. The Morgan fingerprint density at radius 1 is 1.33 bits per heavy atom. The number of carbonyl (C=O) groups excluding carboxylic acids is 2. The summed E-state index contributed by atoms with van der Waals surface area (Å²) in [6.45, 7) is 1.24. The molecule has 2 rings (SSSR count). The Bertz CT molecular complexity index is 519. The number of halogens is 1. The van der Waals surface area contributed by atoms with E-state index in [4.69, 9.17) is 5.84 Å². The number of hydrogen-bond acceptors (Lipinski definition) is 4. The molecule has 3 N–H and O–H groups in total. The van der Waals surface area contributed by atoms with Gasteiger partial charge in [-0.15, -0.1) is 11.8 Å². The summed E-state index contributed by atoms with van der Waals surface area (Å²) in [6, 6.07) is 7.85. The maximum absolute atomic E-state index is 12.2. The molecule has 1 aliphatic rings. The lowest BCUT2D eigenvalue weighted by Crippen LogP contribution is -2.45. The first-order valence-electron chi connectivity index (χ1n) is 6.77. The number of rotatable bonds is 4. The molecule has 0 atom stereocenters. The van der Waals surface area contributed by atoms with Gasteiger partial charge in [0.05, 0.1) is 5.75 Å². The molecule has 0 aliphatic carbocycles. The average Bonchev–Trinajstić information content (AvgIpc) is 2.53. The first-order chi connectivity index (χ1) is 10.1. The summed E-state index contributed by atoms with van der Waals surface area (Å²) in [5, 5.41) is 0. The van der Waals surface area contributed by atoms with Gasteiger partial charge in [0, 0.05) is 28.4 Å². The van der Waals surface area contributed by atoms with Crippen molar-refractivity contribution in [2.75, 3.05) is 18.8 Å². The molecule has 2 amide bonds. The number of piperidine rings is 1. The second-order valence-corrected chi connectivity index (χ2v) is 6.75. The highest BCUT2D eigenvalue weighted by Crippen LogP contribution is 2.27. The number of thioether (sulfide) groups is 1. The summed E-state index contributed by atoms with van der Waals surface area (Å²) in [4.78, 5) is 26.5. The molecule has 21 heavy (non-hydrogen) atoms. The Kier molecular flexibility index (Phi) is 6.08. The molecule has 1 saturated heterocycles. The SMILES string of the molecule is NNC(=O)C1CCN(C(=O)CSc2ccccc2Br)CC1. The third-order valence-corrected chi connectivity index (χ3v) is 5.56. The Hall–Kier alpha value is -1.05. The number of benzene rings is 1. The molecule has 1 aromatic rings. The molecular formula is C14H18BrN3O2S. The fourth-order valence-corrected chi connectivity index (χ4v) is 3.77. The molecule has 1 heterocycles. The van der Waals surface area contributed by atoms with Crippen molar-refractivity contribution in [1.82, 2.24) is 10.3 Å². The molecule has 0 bridgehead atoms. The number of hydrazine groups is 1. The molecule has 0 saturated carbocycles. The van der Waals surface area contributed by atoms with Crippen LogP contribution in [0.1, 0.15) is 12.8 Å². The van der Waals surface area contributed by atoms with E-state index in [-0.39, 0.29) is 17.7 Å². The van der Waals surface area contributed by atoms with Crippen molar-refractivity contribution in [3.8, 4) is 0 Å². The van der Waals surface area contributed by atoms with Crippen LogP contribution in [0, 0.1) is 5.92 Å². The molecular weight excluding hydrogens is 354 g/mol. The van der Waals surface area contributed by atoms with Crippen LogP contribution in [0.3, 0.4) is 0 Å². The van der Waals surface area contributed by atoms with Gasteiger partial charge >= 0.3 is 0 Å². The Balaban J connectivity index is 1.80. The number of nitrogens with zero attached hydrogens (tertiary/aromatic N) is 1. The number of amides is 2. The van der Waals surface area contributed by atoms with Crippen LogP contribution in [-0.2, 0) is 9.59 Å². The van der Waals surface area contributed by atoms with Gasteiger partial charge in [0.1, 0.15) is 0 Å². The number of carbonyl (C=O) groups is 2. The zero-order valence-corrected chi connectivity index (χ0v) is 14.0. The second kappa shape index (κ2) is 7.82. The van der Waals surface area contributed by atoms with E-state index in [2.05, 4.69) is 21.4 Å². The van der Waals surface area contributed by atoms with Crippen LogP contribution >= 0.6 is 27.7 Å². The third kappa shape index (κ3) is 4.46. The first-order valence-corrected chi connectivity index (χ1v) is 8.55. The van der Waals surface area contributed by atoms with E-state index in [1.165, 1.54) is 11.8 Å². The molecule has 0 spiro atoms. The van der Waals surface area contributed by atoms with Crippen molar-refractivity contribution < 1.29 is 9.59 Å². The van der Waals surface area contributed by atoms with Gasteiger partial charge in [-0.3, -0.25) is 15.0 Å². The Labute approximate surface area is 136 Å². The number of nitrogens with two attached hydrogens (primary N) is 1. The largest absolute Gasteiger partial charge is 0.342 e. The second-order valence-electron chi connectivity index (χ2n) is 4.88. The molecule has 114 valence electrons. The third-order valence-electron chi connectivity index (χ3n) is 3.55. The van der Waals surface area contributed by atoms with Crippen molar-refractivity contribution in [1.29, 1.82) is 0 Å². The van der Waals surface area contributed by atoms with Crippen LogP contribution in [0.5, 0.6) is 0 Å². The standard InChI is InChI=1S/C14H18BrN3O2S/c15-11-3-1-2-4-12(11)21-9-13(19)18-7-5-10(6-8-18)14(20)17-16/h1-4,10H,5-9,16H2,(H,17,20). The van der Waals surface area contributed by atoms with E-state index in [9.17, 15) is 9.59 Å². The minimum absolute atomic E-state index is 0.0741. The molecule has 0 aromatic heterocycles. The van der Waals surface area contributed by atoms with E-state index in [1.54, 1.807) is 0 Å². The maximum atomic E-state index is 12.2. The lowest BCUT2D eigenvalue weighted by Gasteiger charge is -2.31. The van der Waals surface area contributed by atoms with Crippen molar-refractivity contribution in [3.05, 3.63) is 28.7 Å². The highest BCUT2D eigenvalue weighted by molar-refractivity contribution is 9.10. The summed E-state index contributed by atoms with van der Waals surface area (Å²) in [7, 11) is 0. The van der Waals surface area contributed by atoms with Gasteiger partial charge in [-0.25, -0.2) is 5.84 Å². The zero-order valence-electron chi connectivity index (χ0n) is 11.5. The molecule has 0 unspecified atom stereocenters. The lowest BCUT2D eigenvalue weighted by atomic mass is 9.96. The van der Waals surface area contributed by atoms with Crippen molar-refractivity contribution in [3.63, 3.8) is 0 Å². The van der Waals surface area contributed by atoms with E-state index < -0.39 is 0 Å². The molecule has 1 fully saturated rings. The van der Waals surface area contributed by atoms with Crippen molar-refractivity contribution in [2.24, 2.45) is 11.8 Å². The predicted molar refractivity (Wildman–Crippen MR) is 86.5 cm³/mol. The van der Waals surface area contributed by atoms with Gasteiger partial charge in [-0.2, -0.15) is 0 Å². The van der Waals surface area contributed by atoms with Gasteiger partial charge in [0.2, 0.25) is 11.8 Å². The number of hydrogen-bond donors (Lipinski definition) is 2. The van der Waals surface area contributed by atoms with Crippen LogP contribution in [0.25, 0.3) is 0 Å². The van der Waals surface area contributed by atoms with Crippen LogP contribution in [0.15, 0.2) is 33.6 Å². The molecule has 0 radical (unpaired) electrons. The summed E-state index contributed by atoms with van der Waals surface area (Å²) >= 11 is 5.00. The summed E-state index contributed by atoms with van der Waals surface area (Å²) in [5.74, 6) is 5.45. The quantitative estimate of drug-likeness (QED) is 0.366. The van der Waals surface area contributed by atoms with Crippen LogP contribution in [0.4, 0.5) is 0 Å². The van der Waals surface area contributed by atoms with Crippen LogP contribution in [-0.4, -0.2) is 35.6 Å². The molecule has 5 nitrogen and oxygen atoms in total. The van der Waals surface area contributed by atoms with E-state index in [0.717, 1.165) is 9.37 Å². The van der Waals surface area contributed by atoms with Gasteiger partial charge in [0.15, 0.2) is 0 Å². The molecule has 1 aromatic carbocycles. The van der Waals surface area contributed by atoms with Gasteiger partial charge in [-0.05, 0) is 40.9 Å². The normalized spacial score (nSPS) is 15.8. The van der Waals surface area contributed by atoms with Crippen LogP contribution in [0.2, 0.25) is 0 Å². The lowest BCUT2D eigenvalue weighted by molar-refractivity contribution is -0.133. The summed E-state index contributed by atoms with van der Waals surface area (Å²) in [5.41, 5.74) is 2.18. The smallest absolute Gasteiger partial charge is 0.237 e. The monoisotopic (exact) mass is 371 g/mol.